The number of hydrogen-bond donors (Lipinski definition) is 1. The maximum atomic E-state index is 5.81. The monoisotopic (exact) mass is 248 g/mol. The number of nitrogens with two attached hydrogens (primary N) is 1. The molecule has 0 unspecified atom stereocenters. The smallest absolute Gasteiger partial charge is 0.119 e. The average molecular weight is 248 g/mol. The molecule has 1 aromatic rings. The predicted molar refractivity (Wildman–Crippen MR) is 74.7 cm³/mol. The largest absolute Gasteiger partial charge is 0.492 e. The van der Waals surface area contributed by atoms with Crippen LogP contribution in [0.5, 0.6) is 5.75 Å². The molecule has 1 fully saturated rings. The third-order valence-electron chi connectivity index (χ3n) is 3.36. The Kier molecular flexibility index (Phi) is 5.02. The minimum Gasteiger partial charge on any atom is -0.492 e. The maximum absolute atomic E-state index is 5.81. The number of nitrogens with zero attached hydrogens (tertiary/aromatic N) is 1. The van der Waals surface area contributed by atoms with Crippen molar-refractivity contribution in [3.05, 3.63) is 29.8 Å². The third kappa shape index (κ3) is 4.00. The van der Waals surface area contributed by atoms with Crippen molar-refractivity contribution in [2.24, 2.45) is 5.73 Å². The van der Waals surface area contributed by atoms with Gasteiger partial charge < -0.3 is 10.5 Å². The van der Waals surface area contributed by atoms with E-state index in [0.29, 0.717) is 6.54 Å². The van der Waals surface area contributed by atoms with Crippen molar-refractivity contribution in [3.63, 3.8) is 0 Å². The number of hydrogen-bond acceptors (Lipinski definition) is 3. The summed E-state index contributed by atoms with van der Waals surface area (Å²) in [6, 6.07) is 8.88. The molecule has 0 spiro atoms. The Morgan fingerprint density at radius 2 is 2.17 bits per heavy atom. The zero-order valence-electron chi connectivity index (χ0n) is 11.3. The van der Waals surface area contributed by atoms with Crippen molar-refractivity contribution in [2.75, 3.05) is 19.7 Å². The highest BCUT2D eigenvalue weighted by atomic mass is 16.5. The van der Waals surface area contributed by atoms with Crippen LogP contribution in [0, 0.1) is 0 Å². The highest BCUT2D eigenvalue weighted by Crippen LogP contribution is 2.26. The van der Waals surface area contributed by atoms with Crippen LogP contribution in [0.3, 0.4) is 0 Å². The summed E-state index contributed by atoms with van der Waals surface area (Å²) in [4.78, 5) is 2.55. The van der Waals surface area contributed by atoms with Crippen LogP contribution in [-0.4, -0.2) is 30.6 Å². The second-order valence-corrected chi connectivity index (χ2v) is 4.97. The van der Waals surface area contributed by atoms with Gasteiger partial charge in [-0.05, 0) is 43.5 Å². The normalized spacial score (nSPS) is 15.1. The zero-order valence-corrected chi connectivity index (χ0v) is 11.3. The molecule has 3 nitrogen and oxygen atoms in total. The molecule has 2 N–H and O–H groups in total. The fourth-order valence-corrected chi connectivity index (χ4v) is 2.25. The van der Waals surface area contributed by atoms with Crippen molar-refractivity contribution < 1.29 is 4.74 Å². The standard InChI is InChI=1S/C15H24N2O/c1-2-8-17(14-6-7-14)9-10-18-15-5-3-4-13(11-15)12-16/h3-5,11,14H,2,6-10,12,16H2,1H3. The maximum Gasteiger partial charge on any atom is 0.119 e. The summed E-state index contributed by atoms with van der Waals surface area (Å²) in [6.45, 7) is 5.80. The first-order valence-corrected chi connectivity index (χ1v) is 6.99. The molecule has 0 heterocycles. The number of benzene rings is 1. The quantitative estimate of drug-likeness (QED) is 0.767. The molecule has 1 aromatic carbocycles. The Morgan fingerprint density at radius 3 is 2.83 bits per heavy atom. The zero-order chi connectivity index (χ0) is 12.8. The fourth-order valence-electron chi connectivity index (χ4n) is 2.25. The van der Waals surface area contributed by atoms with Gasteiger partial charge in [-0.1, -0.05) is 19.1 Å². The summed E-state index contributed by atoms with van der Waals surface area (Å²) in [5, 5.41) is 0. The van der Waals surface area contributed by atoms with E-state index in [0.717, 1.165) is 30.5 Å². The van der Waals surface area contributed by atoms with Gasteiger partial charge in [0.15, 0.2) is 0 Å². The minimum atomic E-state index is 0.571. The second-order valence-electron chi connectivity index (χ2n) is 4.97. The fraction of sp³-hybridized carbons (Fsp3) is 0.600. The van der Waals surface area contributed by atoms with E-state index in [1.165, 1.54) is 25.8 Å². The Balaban J connectivity index is 1.76. The van der Waals surface area contributed by atoms with Gasteiger partial charge in [0, 0.05) is 19.1 Å². The van der Waals surface area contributed by atoms with Gasteiger partial charge in [-0.15, -0.1) is 0 Å². The second kappa shape index (κ2) is 6.76. The van der Waals surface area contributed by atoms with Crippen LogP contribution in [-0.2, 0) is 6.54 Å². The van der Waals surface area contributed by atoms with Gasteiger partial charge in [0.25, 0.3) is 0 Å². The van der Waals surface area contributed by atoms with Gasteiger partial charge in [0.2, 0.25) is 0 Å². The summed E-state index contributed by atoms with van der Waals surface area (Å²) in [7, 11) is 0. The Hall–Kier alpha value is -1.06. The highest BCUT2D eigenvalue weighted by Gasteiger charge is 2.27. The first kappa shape index (κ1) is 13.4. The Labute approximate surface area is 110 Å². The first-order chi connectivity index (χ1) is 8.83. The molecular formula is C15H24N2O. The van der Waals surface area contributed by atoms with Crippen LogP contribution in [0.1, 0.15) is 31.7 Å². The molecule has 0 aliphatic heterocycles. The third-order valence-corrected chi connectivity index (χ3v) is 3.36. The first-order valence-electron chi connectivity index (χ1n) is 6.99. The van der Waals surface area contributed by atoms with Crippen LogP contribution >= 0.6 is 0 Å². The molecule has 100 valence electrons. The summed E-state index contributed by atoms with van der Waals surface area (Å²) >= 11 is 0. The topological polar surface area (TPSA) is 38.5 Å². The van der Waals surface area contributed by atoms with E-state index in [9.17, 15) is 0 Å². The van der Waals surface area contributed by atoms with Crippen molar-refractivity contribution in [1.29, 1.82) is 0 Å². The van der Waals surface area contributed by atoms with E-state index in [1.54, 1.807) is 0 Å². The minimum absolute atomic E-state index is 0.571. The molecule has 0 saturated heterocycles. The van der Waals surface area contributed by atoms with E-state index in [1.807, 2.05) is 24.3 Å². The molecule has 0 bridgehead atoms. The summed E-state index contributed by atoms with van der Waals surface area (Å²) in [5.41, 5.74) is 6.74. The van der Waals surface area contributed by atoms with Crippen LogP contribution < -0.4 is 10.5 Å². The lowest BCUT2D eigenvalue weighted by Crippen LogP contribution is -2.31. The van der Waals surface area contributed by atoms with Crippen LogP contribution in [0.2, 0.25) is 0 Å². The molecule has 1 aliphatic carbocycles. The van der Waals surface area contributed by atoms with E-state index >= 15 is 0 Å². The predicted octanol–water partition coefficient (Wildman–Crippen LogP) is 2.40. The van der Waals surface area contributed by atoms with Crippen molar-refractivity contribution in [2.45, 2.75) is 38.8 Å². The molecule has 3 heteroatoms. The van der Waals surface area contributed by atoms with Gasteiger partial charge in [0.05, 0.1) is 0 Å². The Morgan fingerprint density at radius 1 is 1.33 bits per heavy atom. The van der Waals surface area contributed by atoms with Gasteiger partial charge in [0.1, 0.15) is 12.4 Å². The molecule has 18 heavy (non-hydrogen) atoms. The van der Waals surface area contributed by atoms with E-state index in [2.05, 4.69) is 11.8 Å². The van der Waals surface area contributed by atoms with E-state index < -0.39 is 0 Å². The van der Waals surface area contributed by atoms with Gasteiger partial charge in [-0.25, -0.2) is 0 Å². The van der Waals surface area contributed by atoms with Crippen molar-refractivity contribution >= 4 is 0 Å². The number of rotatable bonds is 8. The molecule has 2 rings (SSSR count). The van der Waals surface area contributed by atoms with Crippen LogP contribution in [0.15, 0.2) is 24.3 Å². The van der Waals surface area contributed by atoms with Gasteiger partial charge in [-0.3, -0.25) is 4.90 Å². The Bertz CT molecular complexity index is 363. The van der Waals surface area contributed by atoms with Gasteiger partial charge >= 0.3 is 0 Å². The molecule has 1 aliphatic rings. The highest BCUT2D eigenvalue weighted by molar-refractivity contribution is 5.28. The van der Waals surface area contributed by atoms with Crippen molar-refractivity contribution in [1.82, 2.24) is 4.90 Å². The lowest BCUT2D eigenvalue weighted by Gasteiger charge is -2.21. The lowest BCUT2D eigenvalue weighted by atomic mass is 10.2. The molecule has 0 radical (unpaired) electrons. The summed E-state index contributed by atoms with van der Waals surface area (Å²) < 4.78 is 5.81. The van der Waals surface area contributed by atoms with Crippen molar-refractivity contribution in [3.8, 4) is 5.75 Å². The average Bonchev–Trinajstić information content (AvgIpc) is 3.22. The molecule has 1 saturated carbocycles. The summed E-state index contributed by atoms with van der Waals surface area (Å²) in [6.07, 6.45) is 3.95. The molecular weight excluding hydrogens is 224 g/mol. The van der Waals surface area contributed by atoms with Gasteiger partial charge in [-0.2, -0.15) is 0 Å². The van der Waals surface area contributed by atoms with E-state index in [-0.39, 0.29) is 0 Å². The molecule has 0 aromatic heterocycles. The van der Waals surface area contributed by atoms with E-state index in [4.69, 9.17) is 10.5 Å². The van der Waals surface area contributed by atoms with Crippen LogP contribution in [0.4, 0.5) is 0 Å². The van der Waals surface area contributed by atoms with Crippen LogP contribution in [0.25, 0.3) is 0 Å². The SMILES string of the molecule is CCCN(CCOc1cccc(CN)c1)C1CC1. The number of ether oxygens (including phenoxy) is 1. The molecule has 0 atom stereocenters. The summed E-state index contributed by atoms with van der Waals surface area (Å²) in [5.74, 6) is 0.935. The molecule has 0 amide bonds. The lowest BCUT2D eigenvalue weighted by molar-refractivity contribution is 0.202.